The van der Waals surface area contributed by atoms with Gasteiger partial charge in [-0.1, -0.05) is 13.8 Å². The van der Waals surface area contributed by atoms with E-state index in [9.17, 15) is 0 Å². The minimum absolute atomic E-state index is 0.0356. The van der Waals surface area contributed by atoms with Gasteiger partial charge in [-0.25, -0.2) is 14.6 Å². The molecule has 96 valence electrons. The number of aromatic nitrogens is 4. The van der Waals surface area contributed by atoms with Crippen LogP contribution in [0.5, 0.6) is 0 Å². The van der Waals surface area contributed by atoms with Crippen LogP contribution in [0, 0.1) is 6.92 Å². The van der Waals surface area contributed by atoms with Crippen LogP contribution in [0.4, 0.5) is 0 Å². The number of aliphatic hydroxyl groups is 1. The van der Waals surface area contributed by atoms with Crippen molar-refractivity contribution < 1.29 is 5.11 Å². The molecule has 0 radical (unpaired) electrons. The normalized spacial score (nSPS) is 10.9. The highest BCUT2D eigenvalue weighted by Gasteiger charge is 2.10. The SMILES string of the molecule is CCc1cc(CC)n(-c2ncc(CO)c(C)n2)n1. The van der Waals surface area contributed by atoms with Crippen molar-refractivity contribution in [2.75, 3.05) is 0 Å². The summed E-state index contributed by atoms with van der Waals surface area (Å²) in [5.74, 6) is 0.571. The zero-order valence-corrected chi connectivity index (χ0v) is 11.0. The second-order valence-electron chi connectivity index (χ2n) is 4.18. The summed E-state index contributed by atoms with van der Waals surface area (Å²) in [6.07, 6.45) is 3.44. The quantitative estimate of drug-likeness (QED) is 0.889. The highest BCUT2D eigenvalue weighted by atomic mass is 16.3. The molecule has 0 unspecified atom stereocenters. The number of hydrogen-bond donors (Lipinski definition) is 1. The topological polar surface area (TPSA) is 63.8 Å². The molecule has 0 saturated carbocycles. The van der Waals surface area contributed by atoms with Crippen LogP contribution >= 0.6 is 0 Å². The van der Waals surface area contributed by atoms with Gasteiger partial charge in [0.2, 0.25) is 0 Å². The van der Waals surface area contributed by atoms with Crippen LogP contribution in [0.25, 0.3) is 5.95 Å². The van der Waals surface area contributed by atoms with Crippen molar-refractivity contribution in [1.82, 2.24) is 19.7 Å². The average Bonchev–Trinajstić information content (AvgIpc) is 2.82. The van der Waals surface area contributed by atoms with Gasteiger partial charge in [-0.15, -0.1) is 0 Å². The molecular formula is C13H18N4O. The first-order chi connectivity index (χ1) is 8.69. The van der Waals surface area contributed by atoms with Crippen LogP contribution in [0.2, 0.25) is 0 Å². The van der Waals surface area contributed by atoms with E-state index in [0.29, 0.717) is 5.95 Å². The third-order valence-corrected chi connectivity index (χ3v) is 2.99. The Hall–Kier alpha value is -1.75. The zero-order chi connectivity index (χ0) is 13.1. The van der Waals surface area contributed by atoms with E-state index in [4.69, 9.17) is 5.11 Å². The lowest BCUT2D eigenvalue weighted by atomic mass is 10.2. The van der Waals surface area contributed by atoms with Gasteiger partial charge in [-0.2, -0.15) is 5.10 Å². The van der Waals surface area contributed by atoms with Crippen molar-refractivity contribution >= 4 is 0 Å². The Morgan fingerprint density at radius 3 is 2.61 bits per heavy atom. The highest BCUT2D eigenvalue weighted by Crippen LogP contribution is 2.12. The van der Waals surface area contributed by atoms with Crippen molar-refractivity contribution in [2.24, 2.45) is 0 Å². The molecule has 18 heavy (non-hydrogen) atoms. The van der Waals surface area contributed by atoms with Crippen molar-refractivity contribution in [3.05, 3.63) is 34.9 Å². The van der Waals surface area contributed by atoms with Crippen molar-refractivity contribution in [3.63, 3.8) is 0 Å². The molecule has 0 fully saturated rings. The van der Waals surface area contributed by atoms with Gasteiger partial charge in [0.05, 0.1) is 12.3 Å². The van der Waals surface area contributed by atoms with Crippen LogP contribution in [0.15, 0.2) is 12.3 Å². The Bertz CT molecular complexity index is 548. The zero-order valence-electron chi connectivity index (χ0n) is 11.0. The predicted octanol–water partition coefficient (Wildman–Crippen LogP) is 1.59. The van der Waals surface area contributed by atoms with Gasteiger partial charge in [0, 0.05) is 23.1 Å². The predicted molar refractivity (Wildman–Crippen MR) is 68.6 cm³/mol. The van der Waals surface area contributed by atoms with E-state index in [1.54, 1.807) is 10.9 Å². The van der Waals surface area contributed by atoms with Gasteiger partial charge in [-0.05, 0) is 25.8 Å². The summed E-state index contributed by atoms with van der Waals surface area (Å²) in [6, 6.07) is 2.08. The Kier molecular flexibility index (Phi) is 3.72. The minimum Gasteiger partial charge on any atom is -0.392 e. The Morgan fingerprint density at radius 1 is 1.28 bits per heavy atom. The molecule has 2 heterocycles. The fourth-order valence-corrected chi connectivity index (χ4v) is 1.81. The van der Waals surface area contributed by atoms with E-state index in [0.717, 1.165) is 35.5 Å². The summed E-state index contributed by atoms with van der Waals surface area (Å²) in [4.78, 5) is 8.67. The van der Waals surface area contributed by atoms with Crippen LogP contribution in [0.1, 0.15) is 36.5 Å². The first kappa shape index (κ1) is 12.7. The van der Waals surface area contributed by atoms with E-state index in [2.05, 4.69) is 35.0 Å². The Balaban J connectivity index is 2.47. The molecule has 5 heteroatoms. The summed E-state index contributed by atoms with van der Waals surface area (Å²) in [7, 11) is 0. The van der Waals surface area contributed by atoms with Crippen LogP contribution in [-0.2, 0) is 19.4 Å². The molecule has 2 aromatic rings. The summed E-state index contributed by atoms with van der Waals surface area (Å²) < 4.78 is 1.78. The van der Waals surface area contributed by atoms with Gasteiger partial charge < -0.3 is 5.11 Å². The molecule has 1 N–H and O–H groups in total. The third kappa shape index (κ3) is 2.26. The van der Waals surface area contributed by atoms with Gasteiger partial charge >= 0.3 is 0 Å². The number of hydrogen-bond acceptors (Lipinski definition) is 4. The molecule has 5 nitrogen and oxygen atoms in total. The standard InChI is InChI=1S/C13H18N4O/c1-4-11-6-12(5-2)17(16-11)13-14-7-10(8-18)9(3)15-13/h6-7,18H,4-5,8H2,1-3H3. The molecule has 0 amide bonds. The van der Waals surface area contributed by atoms with Gasteiger partial charge in [0.15, 0.2) is 0 Å². The molecule has 0 aromatic carbocycles. The van der Waals surface area contributed by atoms with Gasteiger partial charge in [-0.3, -0.25) is 0 Å². The van der Waals surface area contributed by atoms with Crippen molar-refractivity contribution in [3.8, 4) is 5.95 Å². The van der Waals surface area contributed by atoms with Gasteiger partial charge in [0.25, 0.3) is 5.95 Å². The smallest absolute Gasteiger partial charge is 0.250 e. The number of aryl methyl sites for hydroxylation is 3. The monoisotopic (exact) mass is 246 g/mol. The molecule has 0 aliphatic heterocycles. The van der Waals surface area contributed by atoms with E-state index < -0.39 is 0 Å². The van der Waals surface area contributed by atoms with Crippen molar-refractivity contribution in [1.29, 1.82) is 0 Å². The molecule has 0 aliphatic rings. The van der Waals surface area contributed by atoms with Gasteiger partial charge in [0.1, 0.15) is 0 Å². The maximum Gasteiger partial charge on any atom is 0.250 e. The molecular weight excluding hydrogens is 228 g/mol. The minimum atomic E-state index is -0.0356. The molecule has 2 rings (SSSR count). The maximum absolute atomic E-state index is 9.12. The Labute approximate surface area is 107 Å². The molecule has 0 bridgehead atoms. The fourth-order valence-electron chi connectivity index (χ4n) is 1.81. The largest absolute Gasteiger partial charge is 0.392 e. The first-order valence-corrected chi connectivity index (χ1v) is 6.21. The first-order valence-electron chi connectivity index (χ1n) is 6.21. The van der Waals surface area contributed by atoms with E-state index in [1.807, 2.05) is 6.92 Å². The number of nitrogens with zero attached hydrogens (tertiary/aromatic N) is 4. The van der Waals surface area contributed by atoms with Crippen LogP contribution in [0.3, 0.4) is 0 Å². The third-order valence-electron chi connectivity index (χ3n) is 2.99. The lowest BCUT2D eigenvalue weighted by molar-refractivity contribution is 0.280. The average molecular weight is 246 g/mol. The summed E-state index contributed by atoms with van der Waals surface area (Å²) in [5, 5.41) is 13.6. The molecule has 2 aromatic heterocycles. The lowest BCUT2D eigenvalue weighted by Gasteiger charge is -2.06. The molecule has 0 aliphatic carbocycles. The van der Waals surface area contributed by atoms with Crippen LogP contribution in [-0.4, -0.2) is 24.9 Å². The summed E-state index contributed by atoms with van der Waals surface area (Å²) in [6.45, 7) is 5.99. The number of aliphatic hydroxyl groups excluding tert-OH is 1. The summed E-state index contributed by atoms with van der Waals surface area (Å²) >= 11 is 0. The number of rotatable bonds is 4. The lowest BCUT2D eigenvalue weighted by Crippen LogP contribution is -2.09. The summed E-state index contributed by atoms with van der Waals surface area (Å²) in [5.41, 5.74) is 3.68. The maximum atomic E-state index is 9.12. The van der Waals surface area contributed by atoms with Crippen molar-refractivity contribution in [2.45, 2.75) is 40.2 Å². The second-order valence-corrected chi connectivity index (χ2v) is 4.18. The second kappa shape index (κ2) is 5.27. The molecule has 0 saturated heterocycles. The molecule has 0 spiro atoms. The fraction of sp³-hybridized carbons (Fsp3) is 0.462. The van der Waals surface area contributed by atoms with Crippen LogP contribution < -0.4 is 0 Å². The van der Waals surface area contributed by atoms with E-state index >= 15 is 0 Å². The highest BCUT2D eigenvalue weighted by molar-refractivity contribution is 5.24. The molecule has 0 atom stereocenters. The Morgan fingerprint density at radius 2 is 2.06 bits per heavy atom. The van der Waals surface area contributed by atoms with E-state index in [-0.39, 0.29) is 6.61 Å². The van der Waals surface area contributed by atoms with E-state index in [1.165, 1.54) is 0 Å².